The topological polar surface area (TPSA) is 69.2 Å². The molecule has 21 heavy (non-hydrogen) atoms. The molecule has 4 nitrogen and oxygen atoms in total. The molecule has 2 atom stereocenters. The Kier molecular flexibility index (Phi) is 3.78. The molecular weight excluding hydrogens is 273 g/mol. The van der Waals surface area contributed by atoms with E-state index in [1.54, 1.807) is 20.8 Å². The Morgan fingerprint density at radius 1 is 1.24 bits per heavy atom. The second kappa shape index (κ2) is 5.13. The van der Waals surface area contributed by atoms with Crippen molar-refractivity contribution in [2.75, 3.05) is 5.32 Å². The van der Waals surface area contributed by atoms with E-state index >= 15 is 0 Å². The summed E-state index contributed by atoms with van der Waals surface area (Å²) >= 11 is 0. The van der Waals surface area contributed by atoms with Gasteiger partial charge in [0.25, 0.3) is 0 Å². The summed E-state index contributed by atoms with van der Waals surface area (Å²) in [6.45, 7) is 5.20. The average molecular weight is 292 g/mol. The van der Waals surface area contributed by atoms with E-state index in [1.807, 2.05) is 0 Å². The number of carboxylic acid groups (broad SMARTS) is 1. The Hall–Kier alpha value is -1.91. The van der Waals surface area contributed by atoms with Gasteiger partial charge in [-0.15, -0.1) is 0 Å². The minimum Gasteiger partial charge on any atom is -0.550 e. The molecule has 0 unspecified atom stereocenters. The first kappa shape index (κ1) is 15.5. The van der Waals surface area contributed by atoms with Crippen molar-refractivity contribution in [2.45, 2.75) is 33.6 Å². The second-order valence-electron chi connectivity index (χ2n) is 6.43. The quantitative estimate of drug-likeness (QED) is 0.926. The van der Waals surface area contributed by atoms with Crippen LogP contribution in [0.2, 0.25) is 0 Å². The van der Waals surface area contributed by atoms with Crippen LogP contribution in [0.25, 0.3) is 0 Å². The zero-order valence-electron chi connectivity index (χ0n) is 12.4. The van der Waals surface area contributed by atoms with Gasteiger partial charge < -0.3 is 15.2 Å². The van der Waals surface area contributed by atoms with E-state index in [0.29, 0.717) is 18.5 Å². The number of halogens is 1. The monoisotopic (exact) mass is 292 g/mol. The summed E-state index contributed by atoms with van der Waals surface area (Å²) in [6, 6.07) is 5.49. The Morgan fingerprint density at radius 2 is 1.81 bits per heavy atom. The smallest absolute Gasteiger partial charge is 0.228 e. The first-order valence-corrected chi connectivity index (χ1v) is 6.96. The second-order valence-corrected chi connectivity index (χ2v) is 6.43. The van der Waals surface area contributed by atoms with Crippen molar-refractivity contribution in [3.05, 3.63) is 30.1 Å². The van der Waals surface area contributed by atoms with Gasteiger partial charge in [-0.1, -0.05) is 20.8 Å². The molecule has 0 spiro atoms. The van der Waals surface area contributed by atoms with Crippen LogP contribution in [0.1, 0.15) is 33.6 Å². The molecule has 1 N–H and O–H groups in total. The molecule has 114 valence electrons. The largest absolute Gasteiger partial charge is 0.550 e. The molecule has 0 bridgehead atoms. The maximum atomic E-state index is 12.9. The predicted octanol–water partition coefficient (Wildman–Crippen LogP) is 1.96. The highest BCUT2D eigenvalue weighted by atomic mass is 19.1. The van der Waals surface area contributed by atoms with Gasteiger partial charge in [0.1, 0.15) is 5.82 Å². The number of carbonyl (C=O) groups is 2. The number of aliphatic carboxylic acids is 1. The zero-order valence-corrected chi connectivity index (χ0v) is 12.4. The fourth-order valence-electron chi connectivity index (χ4n) is 3.09. The van der Waals surface area contributed by atoms with Crippen LogP contribution in [-0.2, 0) is 9.59 Å². The van der Waals surface area contributed by atoms with Gasteiger partial charge in [-0.25, -0.2) is 4.39 Å². The SMILES string of the molecule is CC1(C)[C@@H](C(=O)Nc2ccc(F)cc2)CC[C@]1(C)C(=O)[O-]. The fraction of sp³-hybridized carbons (Fsp3) is 0.500. The maximum absolute atomic E-state index is 12.9. The molecule has 1 aromatic carbocycles. The van der Waals surface area contributed by atoms with Gasteiger partial charge in [0.15, 0.2) is 0 Å². The summed E-state index contributed by atoms with van der Waals surface area (Å²) < 4.78 is 12.9. The van der Waals surface area contributed by atoms with Crippen molar-refractivity contribution in [3.63, 3.8) is 0 Å². The normalized spacial score (nSPS) is 27.3. The van der Waals surface area contributed by atoms with Crippen molar-refractivity contribution in [1.29, 1.82) is 0 Å². The van der Waals surface area contributed by atoms with E-state index in [1.165, 1.54) is 24.3 Å². The highest BCUT2D eigenvalue weighted by Gasteiger charge is 2.54. The van der Waals surface area contributed by atoms with Crippen molar-refractivity contribution in [3.8, 4) is 0 Å². The van der Waals surface area contributed by atoms with Crippen molar-refractivity contribution in [1.82, 2.24) is 0 Å². The molecule has 1 fully saturated rings. The number of hydrogen-bond donors (Lipinski definition) is 1. The minimum absolute atomic E-state index is 0.239. The summed E-state index contributed by atoms with van der Waals surface area (Å²) in [5.74, 6) is -2.16. The first-order valence-electron chi connectivity index (χ1n) is 6.96. The Bertz CT molecular complexity index is 567. The maximum Gasteiger partial charge on any atom is 0.228 e. The van der Waals surface area contributed by atoms with E-state index in [4.69, 9.17) is 0 Å². The molecular formula is C16H19FNO3-. The molecule has 0 aromatic heterocycles. The van der Waals surface area contributed by atoms with E-state index in [0.717, 1.165) is 0 Å². The predicted molar refractivity (Wildman–Crippen MR) is 74.6 cm³/mol. The summed E-state index contributed by atoms with van der Waals surface area (Å²) in [4.78, 5) is 23.8. The summed E-state index contributed by atoms with van der Waals surface area (Å²) in [5.41, 5.74) is -1.24. The zero-order chi connectivity index (χ0) is 15.8. The Labute approximate surface area is 123 Å². The molecule has 5 heteroatoms. The molecule has 0 heterocycles. The lowest BCUT2D eigenvalue weighted by molar-refractivity contribution is -0.323. The summed E-state index contributed by atoms with van der Waals surface area (Å²) in [6.07, 6.45) is 0.897. The lowest BCUT2D eigenvalue weighted by Crippen LogP contribution is -2.49. The lowest BCUT2D eigenvalue weighted by atomic mass is 9.65. The van der Waals surface area contributed by atoms with E-state index in [-0.39, 0.29) is 11.7 Å². The molecule has 2 rings (SSSR count). The number of hydrogen-bond acceptors (Lipinski definition) is 3. The molecule has 1 amide bonds. The Morgan fingerprint density at radius 3 is 2.29 bits per heavy atom. The van der Waals surface area contributed by atoms with Crippen molar-refractivity contribution < 1.29 is 19.1 Å². The van der Waals surface area contributed by atoms with Gasteiger partial charge in [-0.2, -0.15) is 0 Å². The van der Waals surface area contributed by atoms with Crippen LogP contribution in [0, 0.1) is 22.6 Å². The number of carbonyl (C=O) groups excluding carboxylic acids is 2. The summed E-state index contributed by atoms with van der Waals surface area (Å²) in [5, 5.41) is 14.1. The molecule has 1 saturated carbocycles. The number of rotatable bonds is 3. The van der Waals surface area contributed by atoms with Crippen LogP contribution in [0.5, 0.6) is 0 Å². The van der Waals surface area contributed by atoms with E-state index in [2.05, 4.69) is 5.32 Å². The van der Waals surface area contributed by atoms with Crippen LogP contribution in [0.4, 0.5) is 10.1 Å². The molecule has 1 aromatic rings. The average Bonchev–Trinajstić information content (AvgIpc) is 2.64. The summed E-state index contributed by atoms with van der Waals surface area (Å²) in [7, 11) is 0. The van der Waals surface area contributed by atoms with Gasteiger partial charge in [-0.3, -0.25) is 4.79 Å². The van der Waals surface area contributed by atoms with Crippen LogP contribution in [-0.4, -0.2) is 11.9 Å². The number of carboxylic acids is 1. The highest BCUT2D eigenvalue weighted by molar-refractivity contribution is 5.94. The van der Waals surface area contributed by atoms with Gasteiger partial charge in [0, 0.05) is 23.0 Å². The van der Waals surface area contributed by atoms with Crippen LogP contribution < -0.4 is 10.4 Å². The Balaban J connectivity index is 2.17. The molecule has 1 aliphatic carbocycles. The van der Waals surface area contributed by atoms with Crippen molar-refractivity contribution >= 4 is 17.6 Å². The number of anilines is 1. The van der Waals surface area contributed by atoms with E-state index in [9.17, 15) is 19.1 Å². The fourth-order valence-corrected chi connectivity index (χ4v) is 3.09. The third-order valence-electron chi connectivity index (χ3n) is 5.11. The third kappa shape index (κ3) is 2.52. The van der Waals surface area contributed by atoms with Crippen LogP contribution in [0.3, 0.4) is 0 Å². The van der Waals surface area contributed by atoms with Crippen LogP contribution in [0.15, 0.2) is 24.3 Å². The molecule has 0 aliphatic heterocycles. The van der Waals surface area contributed by atoms with Crippen LogP contribution >= 0.6 is 0 Å². The molecule has 0 radical (unpaired) electrons. The lowest BCUT2D eigenvalue weighted by Gasteiger charge is -2.41. The highest BCUT2D eigenvalue weighted by Crippen LogP contribution is 2.55. The van der Waals surface area contributed by atoms with Gasteiger partial charge in [0.05, 0.1) is 0 Å². The van der Waals surface area contributed by atoms with E-state index < -0.39 is 22.7 Å². The van der Waals surface area contributed by atoms with Gasteiger partial charge >= 0.3 is 0 Å². The minimum atomic E-state index is -1.12. The first-order chi connectivity index (χ1) is 9.68. The van der Waals surface area contributed by atoms with Crippen molar-refractivity contribution in [2.24, 2.45) is 16.7 Å². The number of benzene rings is 1. The van der Waals surface area contributed by atoms with Gasteiger partial charge in [-0.05, 0) is 42.5 Å². The standard InChI is InChI=1S/C16H20FNO3/c1-15(2)12(8-9-16(15,3)14(20)21)13(19)18-11-6-4-10(17)5-7-11/h4-7,12H,8-9H2,1-3H3,(H,18,19)(H,20,21)/p-1/t12-,16-/m1/s1. The molecule has 0 saturated heterocycles. The number of nitrogens with one attached hydrogen (secondary N) is 1. The molecule has 1 aliphatic rings. The third-order valence-corrected chi connectivity index (χ3v) is 5.11. The number of amides is 1. The van der Waals surface area contributed by atoms with Gasteiger partial charge in [0.2, 0.25) is 5.91 Å².